The normalized spacial score (nSPS) is 9.47. The van der Waals surface area contributed by atoms with E-state index in [1.54, 1.807) is 6.92 Å². The van der Waals surface area contributed by atoms with Gasteiger partial charge in [0.15, 0.2) is 5.43 Å². The van der Waals surface area contributed by atoms with E-state index in [1.165, 1.54) is 12.3 Å². The number of amides is 1. The molecule has 0 aliphatic heterocycles. The summed E-state index contributed by atoms with van der Waals surface area (Å²) in [6.07, 6.45) is 1.93. The van der Waals surface area contributed by atoms with E-state index in [0.717, 1.165) is 0 Å². The first-order chi connectivity index (χ1) is 8.15. The summed E-state index contributed by atoms with van der Waals surface area (Å²) in [6.45, 7) is 2.43. The van der Waals surface area contributed by atoms with Crippen LogP contribution in [-0.2, 0) is 0 Å². The Bertz CT molecular complexity index is 502. The Morgan fingerprint density at radius 3 is 3.06 bits per heavy atom. The van der Waals surface area contributed by atoms with E-state index in [4.69, 9.17) is 5.53 Å². The fourth-order valence-electron chi connectivity index (χ4n) is 1.24. The van der Waals surface area contributed by atoms with Crippen molar-refractivity contribution >= 4 is 5.91 Å². The van der Waals surface area contributed by atoms with E-state index in [0.29, 0.717) is 25.2 Å². The Morgan fingerprint density at radius 1 is 1.65 bits per heavy atom. The van der Waals surface area contributed by atoms with Crippen molar-refractivity contribution in [2.24, 2.45) is 5.11 Å². The summed E-state index contributed by atoms with van der Waals surface area (Å²) in [5.74, 6) is -0.424. The number of rotatable bonds is 5. The lowest BCUT2D eigenvalue weighted by molar-refractivity contribution is 0.0952. The Kier molecular flexibility index (Phi) is 4.77. The number of aromatic nitrogens is 1. The number of H-pyrrole nitrogens is 1. The van der Waals surface area contributed by atoms with Crippen LogP contribution in [-0.4, -0.2) is 24.0 Å². The Labute approximate surface area is 97.5 Å². The van der Waals surface area contributed by atoms with E-state index < -0.39 is 5.91 Å². The van der Waals surface area contributed by atoms with Crippen LogP contribution in [0.5, 0.6) is 0 Å². The van der Waals surface area contributed by atoms with Crippen molar-refractivity contribution in [1.82, 2.24) is 10.3 Å². The second kappa shape index (κ2) is 6.34. The fraction of sp³-hybridized carbons (Fsp3) is 0.400. The molecule has 1 amide bonds. The lowest BCUT2D eigenvalue weighted by Gasteiger charge is -2.03. The van der Waals surface area contributed by atoms with Gasteiger partial charge in [0.1, 0.15) is 5.56 Å². The zero-order chi connectivity index (χ0) is 12.7. The van der Waals surface area contributed by atoms with Gasteiger partial charge in [-0.25, -0.2) is 0 Å². The van der Waals surface area contributed by atoms with E-state index >= 15 is 0 Å². The number of carbonyl (C=O) groups is 1. The minimum Gasteiger partial charge on any atom is -0.364 e. The predicted molar refractivity (Wildman–Crippen MR) is 62.8 cm³/mol. The summed E-state index contributed by atoms with van der Waals surface area (Å²) in [6, 6.07) is 1.37. The molecule has 2 N–H and O–H groups in total. The van der Waals surface area contributed by atoms with Crippen LogP contribution in [0.1, 0.15) is 22.5 Å². The molecular formula is C10H13N5O2. The Balaban J connectivity index is 2.52. The lowest BCUT2D eigenvalue weighted by atomic mass is 10.2. The van der Waals surface area contributed by atoms with Gasteiger partial charge in [-0.2, -0.15) is 0 Å². The van der Waals surface area contributed by atoms with Gasteiger partial charge in [0.05, 0.1) is 0 Å². The average Bonchev–Trinajstić information content (AvgIpc) is 2.28. The summed E-state index contributed by atoms with van der Waals surface area (Å²) in [7, 11) is 0. The lowest BCUT2D eigenvalue weighted by Crippen LogP contribution is -2.29. The van der Waals surface area contributed by atoms with Gasteiger partial charge in [-0.15, -0.1) is 0 Å². The number of aryl methyl sites for hydroxylation is 1. The maximum atomic E-state index is 11.6. The molecule has 1 aromatic heterocycles. The first-order valence-corrected chi connectivity index (χ1v) is 5.13. The Morgan fingerprint density at radius 2 is 2.41 bits per heavy atom. The molecule has 17 heavy (non-hydrogen) atoms. The number of hydrogen-bond donors (Lipinski definition) is 2. The van der Waals surface area contributed by atoms with Crippen molar-refractivity contribution in [1.29, 1.82) is 0 Å². The zero-order valence-corrected chi connectivity index (χ0v) is 9.43. The third-order valence-corrected chi connectivity index (χ3v) is 2.09. The molecule has 1 rings (SSSR count). The SMILES string of the molecule is Cc1cc(=O)c(C(=O)NCCCN=[N+]=[N-])c[nH]1. The minimum atomic E-state index is -0.424. The highest BCUT2D eigenvalue weighted by molar-refractivity contribution is 5.93. The predicted octanol–water partition coefficient (Wildman–Crippen LogP) is 1.11. The number of hydrogen-bond acceptors (Lipinski definition) is 3. The third kappa shape index (κ3) is 4.00. The van der Waals surface area contributed by atoms with Crippen molar-refractivity contribution in [3.05, 3.63) is 44.2 Å². The summed E-state index contributed by atoms with van der Waals surface area (Å²) in [5, 5.41) is 5.91. The van der Waals surface area contributed by atoms with Gasteiger partial charge in [0, 0.05) is 36.0 Å². The zero-order valence-electron chi connectivity index (χ0n) is 9.43. The standard InChI is InChI=1S/C10H13N5O2/c1-7-5-9(16)8(6-13-7)10(17)12-3-2-4-14-15-11/h5-6H,2-4H2,1H3,(H,12,17)(H,13,16). The highest BCUT2D eigenvalue weighted by Gasteiger charge is 2.08. The largest absolute Gasteiger partial charge is 0.364 e. The molecule has 0 aliphatic rings. The van der Waals surface area contributed by atoms with Crippen molar-refractivity contribution in [3.8, 4) is 0 Å². The highest BCUT2D eigenvalue weighted by atomic mass is 16.2. The molecule has 0 atom stereocenters. The van der Waals surface area contributed by atoms with Crippen LogP contribution >= 0.6 is 0 Å². The molecule has 0 bridgehead atoms. The van der Waals surface area contributed by atoms with Gasteiger partial charge in [-0.3, -0.25) is 9.59 Å². The summed E-state index contributed by atoms with van der Waals surface area (Å²) in [4.78, 5) is 28.4. The van der Waals surface area contributed by atoms with Gasteiger partial charge in [0.25, 0.3) is 5.91 Å². The number of carbonyl (C=O) groups excluding carboxylic acids is 1. The van der Waals surface area contributed by atoms with E-state index in [2.05, 4.69) is 20.3 Å². The number of nitrogens with zero attached hydrogens (tertiary/aromatic N) is 3. The van der Waals surface area contributed by atoms with Crippen LogP contribution in [0.4, 0.5) is 0 Å². The summed E-state index contributed by atoms with van der Waals surface area (Å²) in [5.41, 5.74) is 8.52. The molecule has 1 heterocycles. The van der Waals surface area contributed by atoms with Crippen LogP contribution in [0.2, 0.25) is 0 Å². The van der Waals surface area contributed by atoms with Gasteiger partial charge in [0.2, 0.25) is 0 Å². The van der Waals surface area contributed by atoms with E-state index in [1.807, 2.05) is 0 Å². The molecule has 7 nitrogen and oxygen atoms in total. The number of azide groups is 1. The molecule has 0 unspecified atom stereocenters. The van der Waals surface area contributed by atoms with Gasteiger partial charge >= 0.3 is 0 Å². The molecule has 1 aromatic rings. The Hall–Kier alpha value is -2.27. The first-order valence-electron chi connectivity index (χ1n) is 5.13. The van der Waals surface area contributed by atoms with Crippen LogP contribution in [0.15, 0.2) is 22.2 Å². The number of aromatic amines is 1. The molecule has 0 saturated carbocycles. The molecule has 0 spiro atoms. The molecule has 0 saturated heterocycles. The number of pyridine rings is 1. The third-order valence-electron chi connectivity index (χ3n) is 2.09. The number of nitrogens with one attached hydrogen (secondary N) is 2. The molecule has 0 aromatic carbocycles. The van der Waals surface area contributed by atoms with Gasteiger partial charge in [-0.1, -0.05) is 5.11 Å². The molecule has 0 radical (unpaired) electrons. The summed E-state index contributed by atoms with van der Waals surface area (Å²) < 4.78 is 0. The molecule has 90 valence electrons. The van der Waals surface area contributed by atoms with Gasteiger partial charge in [-0.05, 0) is 18.9 Å². The summed E-state index contributed by atoms with van der Waals surface area (Å²) >= 11 is 0. The monoisotopic (exact) mass is 235 g/mol. The van der Waals surface area contributed by atoms with Crippen LogP contribution in [0, 0.1) is 6.92 Å². The highest BCUT2D eigenvalue weighted by Crippen LogP contribution is 1.92. The topological polar surface area (TPSA) is 111 Å². The van der Waals surface area contributed by atoms with Crippen molar-refractivity contribution in [2.75, 3.05) is 13.1 Å². The van der Waals surface area contributed by atoms with Crippen LogP contribution in [0.25, 0.3) is 10.4 Å². The maximum Gasteiger partial charge on any atom is 0.256 e. The molecule has 0 aliphatic carbocycles. The first kappa shape index (κ1) is 12.8. The second-order valence-corrected chi connectivity index (χ2v) is 3.46. The van der Waals surface area contributed by atoms with Crippen LogP contribution in [0.3, 0.4) is 0 Å². The van der Waals surface area contributed by atoms with Crippen LogP contribution < -0.4 is 10.7 Å². The fourth-order valence-corrected chi connectivity index (χ4v) is 1.24. The second-order valence-electron chi connectivity index (χ2n) is 3.46. The van der Waals surface area contributed by atoms with Crippen molar-refractivity contribution < 1.29 is 4.79 Å². The average molecular weight is 235 g/mol. The molecule has 0 fully saturated rings. The van der Waals surface area contributed by atoms with E-state index in [-0.39, 0.29) is 11.0 Å². The smallest absolute Gasteiger partial charge is 0.256 e. The van der Waals surface area contributed by atoms with E-state index in [9.17, 15) is 9.59 Å². The molecule has 7 heteroatoms. The van der Waals surface area contributed by atoms with Gasteiger partial charge < -0.3 is 10.3 Å². The quantitative estimate of drug-likeness (QED) is 0.345. The van der Waals surface area contributed by atoms with Crippen molar-refractivity contribution in [2.45, 2.75) is 13.3 Å². The maximum absolute atomic E-state index is 11.6. The van der Waals surface area contributed by atoms with Crippen molar-refractivity contribution in [3.63, 3.8) is 0 Å². The minimum absolute atomic E-state index is 0.0828. The molecular weight excluding hydrogens is 222 g/mol.